The zero-order valence-electron chi connectivity index (χ0n) is 8.66. The molecule has 1 aliphatic rings. The number of amides is 2. The van der Waals surface area contributed by atoms with Crippen molar-refractivity contribution < 1.29 is 19.4 Å². The summed E-state index contributed by atoms with van der Waals surface area (Å²) in [5, 5.41) is 13.4. The van der Waals surface area contributed by atoms with E-state index in [0.717, 1.165) is 19.4 Å². The topological polar surface area (TPSA) is 87.7 Å². The molecule has 2 amide bonds. The van der Waals surface area contributed by atoms with Gasteiger partial charge in [0.2, 0.25) is 0 Å². The van der Waals surface area contributed by atoms with Gasteiger partial charge < -0.3 is 20.5 Å². The highest BCUT2D eigenvalue weighted by molar-refractivity contribution is 5.82. The van der Waals surface area contributed by atoms with Gasteiger partial charge in [-0.15, -0.1) is 0 Å². The molecule has 1 unspecified atom stereocenters. The lowest BCUT2D eigenvalue weighted by Crippen LogP contribution is -2.46. The number of carboxylic acid groups (broad SMARTS) is 1. The standard InChI is InChI=1S/C9H16N2O4/c1-6(8(12)13)11-9(14)10-5-7-3-2-4-15-7/h6-7H,2-5H2,1H3,(H,12,13)(H2,10,11,14)/t6-,7?/m0/s1. The molecule has 0 aromatic rings. The Morgan fingerprint density at radius 2 is 2.33 bits per heavy atom. The Hall–Kier alpha value is -1.30. The minimum absolute atomic E-state index is 0.0656. The Bertz CT molecular complexity index is 238. The summed E-state index contributed by atoms with van der Waals surface area (Å²) in [4.78, 5) is 21.6. The fourth-order valence-corrected chi connectivity index (χ4v) is 1.32. The zero-order valence-corrected chi connectivity index (χ0v) is 8.66. The van der Waals surface area contributed by atoms with Crippen LogP contribution in [0.1, 0.15) is 19.8 Å². The largest absolute Gasteiger partial charge is 0.480 e. The van der Waals surface area contributed by atoms with Gasteiger partial charge in [0.15, 0.2) is 0 Å². The van der Waals surface area contributed by atoms with Gasteiger partial charge in [0.1, 0.15) is 6.04 Å². The summed E-state index contributed by atoms with van der Waals surface area (Å²) in [5.41, 5.74) is 0. The average molecular weight is 216 g/mol. The zero-order chi connectivity index (χ0) is 11.3. The fraction of sp³-hybridized carbons (Fsp3) is 0.778. The van der Waals surface area contributed by atoms with E-state index in [1.807, 2.05) is 0 Å². The van der Waals surface area contributed by atoms with Crippen LogP contribution in [0.4, 0.5) is 4.79 Å². The summed E-state index contributed by atoms with van der Waals surface area (Å²) in [6.07, 6.45) is 2.02. The Morgan fingerprint density at radius 1 is 1.60 bits per heavy atom. The molecule has 86 valence electrons. The van der Waals surface area contributed by atoms with Gasteiger partial charge in [-0.1, -0.05) is 0 Å². The van der Waals surface area contributed by atoms with Crippen LogP contribution in [0.5, 0.6) is 0 Å². The molecule has 1 heterocycles. The molecule has 0 spiro atoms. The Kier molecular flexibility index (Phi) is 4.36. The highest BCUT2D eigenvalue weighted by Gasteiger charge is 2.18. The first kappa shape index (κ1) is 11.8. The number of hydrogen-bond donors (Lipinski definition) is 3. The molecular weight excluding hydrogens is 200 g/mol. The lowest BCUT2D eigenvalue weighted by atomic mass is 10.2. The second-order valence-electron chi connectivity index (χ2n) is 3.55. The van der Waals surface area contributed by atoms with Crippen LogP contribution in [0.25, 0.3) is 0 Å². The van der Waals surface area contributed by atoms with Crippen LogP contribution < -0.4 is 10.6 Å². The molecule has 0 saturated carbocycles. The van der Waals surface area contributed by atoms with Crippen LogP contribution in [0.3, 0.4) is 0 Å². The van der Waals surface area contributed by atoms with Crippen molar-refractivity contribution in [2.24, 2.45) is 0 Å². The third-order valence-electron chi connectivity index (χ3n) is 2.23. The molecule has 1 aliphatic heterocycles. The third kappa shape index (κ3) is 4.16. The second-order valence-corrected chi connectivity index (χ2v) is 3.55. The molecular formula is C9H16N2O4. The summed E-state index contributed by atoms with van der Waals surface area (Å²) in [5.74, 6) is -1.05. The van der Waals surface area contributed by atoms with Crippen molar-refractivity contribution in [1.29, 1.82) is 0 Å². The van der Waals surface area contributed by atoms with E-state index < -0.39 is 18.0 Å². The molecule has 6 nitrogen and oxygen atoms in total. The van der Waals surface area contributed by atoms with Gasteiger partial charge >= 0.3 is 12.0 Å². The number of hydrogen-bond acceptors (Lipinski definition) is 3. The predicted octanol–water partition coefficient (Wildman–Crippen LogP) is -0.0623. The van der Waals surface area contributed by atoms with Gasteiger partial charge in [-0.25, -0.2) is 4.79 Å². The number of urea groups is 1. The van der Waals surface area contributed by atoms with E-state index in [4.69, 9.17) is 9.84 Å². The minimum Gasteiger partial charge on any atom is -0.480 e. The van der Waals surface area contributed by atoms with Gasteiger partial charge in [0.05, 0.1) is 6.10 Å². The minimum atomic E-state index is -1.05. The van der Waals surface area contributed by atoms with E-state index in [0.29, 0.717) is 6.54 Å². The van der Waals surface area contributed by atoms with Gasteiger partial charge in [-0.05, 0) is 19.8 Å². The van der Waals surface area contributed by atoms with Crippen LogP contribution >= 0.6 is 0 Å². The number of carbonyl (C=O) groups is 2. The summed E-state index contributed by atoms with van der Waals surface area (Å²) < 4.78 is 5.30. The van der Waals surface area contributed by atoms with Crippen LogP contribution in [-0.4, -0.2) is 42.4 Å². The maximum atomic E-state index is 11.2. The molecule has 0 aliphatic carbocycles. The van der Waals surface area contributed by atoms with Crippen LogP contribution in [-0.2, 0) is 9.53 Å². The van der Waals surface area contributed by atoms with Crippen molar-refractivity contribution in [3.05, 3.63) is 0 Å². The van der Waals surface area contributed by atoms with E-state index in [9.17, 15) is 9.59 Å². The van der Waals surface area contributed by atoms with Crippen molar-refractivity contribution >= 4 is 12.0 Å². The number of carboxylic acids is 1. The molecule has 0 bridgehead atoms. The van der Waals surface area contributed by atoms with E-state index in [-0.39, 0.29) is 6.10 Å². The molecule has 2 atom stereocenters. The van der Waals surface area contributed by atoms with Gasteiger partial charge in [0.25, 0.3) is 0 Å². The van der Waals surface area contributed by atoms with E-state index in [1.54, 1.807) is 0 Å². The number of rotatable bonds is 4. The van der Waals surface area contributed by atoms with Crippen LogP contribution in [0.15, 0.2) is 0 Å². The SMILES string of the molecule is C[C@H](NC(=O)NCC1CCCO1)C(=O)O. The first-order valence-electron chi connectivity index (χ1n) is 4.98. The number of carbonyl (C=O) groups excluding carboxylic acids is 1. The van der Waals surface area contributed by atoms with Crippen LogP contribution in [0, 0.1) is 0 Å². The maximum Gasteiger partial charge on any atom is 0.325 e. The van der Waals surface area contributed by atoms with Crippen molar-refractivity contribution in [2.75, 3.05) is 13.2 Å². The Morgan fingerprint density at radius 3 is 2.87 bits per heavy atom. The summed E-state index contributed by atoms with van der Waals surface area (Å²) >= 11 is 0. The molecule has 0 aromatic heterocycles. The van der Waals surface area contributed by atoms with Gasteiger partial charge in [-0.2, -0.15) is 0 Å². The smallest absolute Gasteiger partial charge is 0.325 e. The lowest BCUT2D eigenvalue weighted by Gasteiger charge is -2.13. The van der Waals surface area contributed by atoms with Crippen molar-refractivity contribution in [2.45, 2.75) is 31.9 Å². The first-order valence-corrected chi connectivity index (χ1v) is 4.98. The van der Waals surface area contributed by atoms with E-state index >= 15 is 0 Å². The summed E-state index contributed by atoms with van der Waals surface area (Å²) in [6.45, 7) is 2.58. The van der Waals surface area contributed by atoms with Crippen molar-refractivity contribution in [3.63, 3.8) is 0 Å². The Balaban J connectivity index is 2.15. The number of nitrogens with one attached hydrogen (secondary N) is 2. The van der Waals surface area contributed by atoms with Crippen molar-refractivity contribution in [1.82, 2.24) is 10.6 Å². The van der Waals surface area contributed by atoms with E-state index in [1.165, 1.54) is 6.92 Å². The molecule has 0 aromatic carbocycles. The highest BCUT2D eigenvalue weighted by atomic mass is 16.5. The third-order valence-corrected chi connectivity index (χ3v) is 2.23. The van der Waals surface area contributed by atoms with Crippen LogP contribution in [0.2, 0.25) is 0 Å². The lowest BCUT2D eigenvalue weighted by molar-refractivity contribution is -0.138. The highest BCUT2D eigenvalue weighted by Crippen LogP contribution is 2.10. The fourth-order valence-electron chi connectivity index (χ4n) is 1.32. The normalized spacial score (nSPS) is 22.1. The summed E-state index contributed by atoms with van der Waals surface area (Å²) in [7, 11) is 0. The number of ether oxygens (including phenoxy) is 1. The maximum absolute atomic E-state index is 11.2. The van der Waals surface area contributed by atoms with E-state index in [2.05, 4.69) is 10.6 Å². The van der Waals surface area contributed by atoms with Crippen molar-refractivity contribution in [3.8, 4) is 0 Å². The summed E-state index contributed by atoms with van der Waals surface area (Å²) in [6, 6.07) is -1.35. The van der Waals surface area contributed by atoms with Gasteiger partial charge in [0, 0.05) is 13.2 Å². The predicted molar refractivity (Wildman–Crippen MR) is 52.6 cm³/mol. The molecule has 15 heavy (non-hydrogen) atoms. The Labute approximate surface area is 88.0 Å². The molecule has 6 heteroatoms. The first-order chi connectivity index (χ1) is 7.09. The quantitative estimate of drug-likeness (QED) is 0.614. The van der Waals surface area contributed by atoms with Gasteiger partial charge in [-0.3, -0.25) is 4.79 Å². The molecule has 0 radical (unpaired) electrons. The number of aliphatic carboxylic acids is 1. The molecule has 1 saturated heterocycles. The average Bonchev–Trinajstić information content (AvgIpc) is 2.66. The monoisotopic (exact) mass is 216 g/mol. The molecule has 3 N–H and O–H groups in total. The molecule has 1 fully saturated rings. The molecule has 1 rings (SSSR count). The second kappa shape index (κ2) is 5.55.